The van der Waals surface area contributed by atoms with Crippen molar-refractivity contribution in [3.8, 4) is 0 Å². The number of nitrogens with one attached hydrogen (secondary N) is 1. The molecule has 0 radical (unpaired) electrons. The molecule has 1 unspecified atom stereocenters. The fourth-order valence-corrected chi connectivity index (χ4v) is 0.199. The second kappa shape index (κ2) is 5.16. The Bertz CT molecular complexity index is 106. The average Bonchev–Trinajstić information content (AvgIpc) is 1.87. The van der Waals surface area contributed by atoms with E-state index in [0.717, 1.165) is 0 Å². The van der Waals surface area contributed by atoms with Gasteiger partial charge in [-0.25, -0.2) is 4.84 Å². The van der Waals surface area contributed by atoms with Gasteiger partial charge < -0.3 is 9.57 Å². The smallest absolute Gasteiger partial charge is 0.324 e. The zero-order chi connectivity index (χ0) is 7.98. The summed E-state index contributed by atoms with van der Waals surface area (Å²) in [6.45, 7) is 2.91. The molecular weight excluding hydrogens is 138 g/mol. The molecule has 0 aromatic rings. The lowest BCUT2D eigenvalue weighted by Crippen LogP contribution is -2.24. The summed E-state index contributed by atoms with van der Waals surface area (Å²) in [6, 6.07) is 0. The Morgan fingerprint density at radius 3 is 2.60 bits per heavy atom. The lowest BCUT2D eigenvalue weighted by atomic mass is 10.8. The Labute approximate surface area is 59.2 Å². The summed E-state index contributed by atoms with van der Waals surface area (Å²) in [5.41, 5.74) is 1.96. The maximum atomic E-state index is 10.1. The molecule has 0 aliphatic rings. The molecule has 0 aliphatic carbocycles. The second-order valence-corrected chi connectivity index (χ2v) is 1.60. The van der Waals surface area contributed by atoms with Gasteiger partial charge in [0.15, 0.2) is 6.29 Å². The predicted octanol–water partition coefficient (Wildman–Crippen LogP) is -0.0219. The van der Waals surface area contributed by atoms with Crippen molar-refractivity contribution < 1.29 is 19.2 Å². The van der Waals surface area contributed by atoms with E-state index in [2.05, 4.69) is 14.4 Å². The topological polar surface area (TPSA) is 56.8 Å². The third-order valence-corrected chi connectivity index (χ3v) is 0.731. The fraction of sp³-hybridized carbons (Fsp3) is 0.800. The van der Waals surface area contributed by atoms with Crippen LogP contribution in [0.1, 0.15) is 13.8 Å². The van der Waals surface area contributed by atoms with E-state index in [4.69, 9.17) is 0 Å². The maximum Gasteiger partial charge on any atom is 0.324 e. The number of carbonyl (C=O) groups is 1. The highest BCUT2D eigenvalue weighted by atomic mass is 16.9. The van der Waals surface area contributed by atoms with Crippen molar-refractivity contribution in [3.05, 3.63) is 0 Å². The Morgan fingerprint density at radius 1 is 1.60 bits per heavy atom. The molecule has 0 saturated heterocycles. The Balaban J connectivity index is 3.11. The molecule has 0 bridgehead atoms. The van der Waals surface area contributed by atoms with Crippen LogP contribution in [0.3, 0.4) is 0 Å². The minimum absolute atomic E-state index is 0.445. The van der Waals surface area contributed by atoms with Crippen LogP contribution in [0.4, 0.5) is 0 Å². The van der Waals surface area contributed by atoms with Crippen LogP contribution in [0.5, 0.6) is 0 Å². The SMILES string of the molecule is COC(C)ONOC(C)=O. The molecule has 0 saturated carbocycles. The molecule has 0 heterocycles. The summed E-state index contributed by atoms with van der Waals surface area (Å²) in [5, 5.41) is 0. The van der Waals surface area contributed by atoms with Crippen LogP contribution >= 0.6 is 0 Å². The first-order chi connectivity index (χ1) is 4.66. The Hall–Kier alpha value is -0.650. The normalized spacial score (nSPS) is 12.7. The van der Waals surface area contributed by atoms with Gasteiger partial charge in [0.25, 0.3) is 0 Å². The van der Waals surface area contributed by atoms with Gasteiger partial charge in [-0.15, -0.1) is 0 Å². The van der Waals surface area contributed by atoms with Crippen LogP contribution in [0.15, 0.2) is 0 Å². The number of hydrogen-bond donors (Lipinski definition) is 1. The van der Waals surface area contributed by atoms with Crippen molar-refractivity contribution in [1.29, 1.82) is 0 Å². The van der Waals surface area contributed by atoms with E-state index in [1.165, 1.54) is 14.0 Å². The number of hydrogen-bond acceptors (Lipinski definition) is 5. The van der Waals surface area contributed by atoms with Crippen LogP contribution in [-0.2, 0) is 19.2 Å². The molecule has 1 atom stereocenters. The molecule has 0 fully saturated rings. The summed E-state index contributed by atoms with van der Waals surface area (Å²) < 4.78 is 4.66. The van der Waals surface area contributed by atoms with E-state index in [0.29, 0.717) is 0 Å². The fourth-order valence-electron chi connectivity index (χ4n) is 0.199. The molecule has 0 aromatic heterocycles. The first-order valence-corrected chi connectivity index (χ1v) is 2.77. The lowest BCUT2D eigenvalue weighted by Gasteiger charge is -2.09. The molecule has 5 heteroatoms. The molecule has 0 amide bonds. The third-order valence-electron chi connectivity index (χ3n) is 0.731. The van der Waals surface area contributed by atoms with Crippen molar-refractivity contribution in [1.82, 2.24) is 5.64 Å². The minimum Gasteiger partial charge on any atom is -0.354 e. The molecule has 0 spiro atoms. The van der Waals surface area contributed by atoms with E-state index in [9.17, 15) is 4.79 Å². The summed E-state index contributed by atoms with van der Waals surface area (Å²) in [7, 11) is 1.47. The highest BCUT2D eigenvalue weighted by Crippen LogP contribution is 1.85. The summed E-state index contributed by atoms with van der Waals surface area (Å²) >= 11 is 0. The zero-order valence-electron chi connectivity index (χ0n) is 6.21. The van der Waals surface area contributed by atoms with Crippen LogP contribution in [0, 0.1) is 0 Å². The van der Waals surface area contributed by atoms with Gasteiger partial charge in [0.2, 0.25) is 0 Å². The van der Waals surface area contributed by atoms with Gasteiger partial charge in [-0.1, -0.05) is 0 Å². The molecule has 10 heavy (non-hydrogen) atoms. The van der Waals surface area contributed by atoms with E-state index in [-0.39, 0.29) is 0 Å². The van der Waals surface area contributed by atoms with Crippen LogP contribution < -0.4 is 5.64 Å². The summed E-state index contributed by atoms with van der Waals surface area (Å²) in [6.07, 6.45) is -0.445. The predicted molar refractivity (Wildman–Crippen MR) is 32.5 cm³/mol. The Morgan fingerprint density at radius 2 is 2.20 bits per heavy atom. The van der Waals surface area contributed by atoms with Crippen LogP contribution in [0.25, 0.3) is 0 Å². The van der Waals surface area contributed by atoms with Crippen molar-refractivity contribution in [2.24, 2.45) is 0 Å². The monoisotopic (exact) mass is 149 g/mol. The molecular formula is C5H11NO4. The molecule has 60 valence electrons. The number of ether oxygens (including phenoxy) is 1. The molecule has 0 aromatic carbocycles. The molecule has 0 rings (SSSR count). The first-order valence-electron chi connectivity index (χ1n) is 2.77. The summed E-state index contributed by atoms with van der Waals surface area (Å²) in [4.78, 5) is 18.9. The molecule has 1 N–H and O–H groups in total. The van der Waals surface area contributed by atoms with Crippen molar-refractivity contribution in [2.45, 2.75) is 20.1 Å². The third kappa shape index (κ3) is 5.49. The maximum absolute atomic E-state index is 10.1. The summed E-state index contributed by atoms with van der Waals surface area (Å²) in [5.74, 6) is -0.469. The van der Waals surface area contributed by atoms with Gasteiger partial charge in [0.1, 0.15) is 0 Å². The van der Waals surface area contributed by atoms with Gasteiger partial charge >= 0.3 is 5.97 Å². The largest absolute Gasteiger partial charge is 0.354 e. The zero-order valence-corrected chi connectivity index (χ0v) is 6.21. The lowest BCUT2D eigenvalue weighted by molar-refractivity contribution is -0.246. The minimum atomic E-state index is -0.469. The van der Waals surface area contributed by atoms with Crippen molar-refractivity contribution >= 4 is 5.97 Å². The van der Waals surface area contributed by atoms with E-state index >= 15 is 0 Å². The van der Waals surface area contributed by atoms with Gasteiger partial charge in [-0.2, -0.15) is 0 Å². The average molecular weight is 149 g/mol. The van der Waals surface area contributed by atoms with E-state index in [1.807, 2.05) is 5.64 Å². The highest BCUT2D eigenvalue weighted by Gasteiger charge is 1.98. The first kappa shape index (κ1) is 9.35. The Kier molecular flexibility index (Phi) is 4.82. The number of carbonyl (C=O) groups excluding carboxylic acids is 1. The standard InChI is InChI=1S/C5H11NO4/c1-4(7)9-6-10-5(2)8-3/h5-6H,1-3H3. The quantitative estimate of drug-likeness (QED) is 0.449. The van der Waals surface area contributed by atoms with Gasteiger partial charge in [-0.3, -0.25) is 4.79 Å². The van der Waals surface area contributed by atoms with E-state index < -0.39 is 12.3 Å². The van der Waals surface area contributed by atoms with Gasteiger partial charge in [0.05, 0.1) is 0 Å². The molecule has 0 aliphatic heterocycles. The second-order valence-electron chi connectivity index (χ2n) is 1.60. The van der Waals surface area contributed by atoms with Crippen LogP contribution in [0.2, 0.25) is 0 Å². The van der Waals surface area contributed by atoms with Crippen LogP contribution in [-0.4, -0.2) is 19.4 Å². The van der Waals surface area contributed by atoms with Crippen molar-refractivity contribution in [3.63, 3.8) is 0 Å². The number of methoxy groups -OCH3 is 1. The van der Waals surface area contributed by atoms with Gasteiger partial charge in [0, 0.05) is 14.0 Å². The van der Waals surface area contributed by atoms with E-state index in [1.54, 1.807) is 6.92 Å². The number of rotatable bonds is 4. The van der Waals surface area contributed by atoms with Gasteiger partial charge in [-0.05, 0) is 12.6 Å². The highest BCUT2D eigenvalue weighted by molar-refractivity contribution is 5.65. The molecule has 5 nitrogen and oxygen atoms in total. The van der Waals surface area contributed by atoms with Crippen molar-refractivity contribution in [2.75, 3.05) is 7.11 Å².